The van der Waals surface area contributed by atoms with Gasteiger partial charge in [0.05, 0.1) is 13.3 Å². The number of para-hydroxylation sites is 1. The topological polar surface area (TPSA) is 15.7 Å². The maximum atomic E-state index is 13.4. The highest BCUT2D eigenvalue weighted by Crippen LogP contribution is 2.36. The fourth-order valence-corrected chi connectivity index (χ4v) is 4.46. The molecule has 0 saturated carbocycles. The lowest BCUT2D eigenvalue weighted by Gasteiger charge is -2.44. The van der Waals surface area contributed by atoms with Gasteiger partial charge in [-0.2, -0.15) is 0 Å². The number of benzene rings is 3. The van der Waals surface area contributed by atoms with Crippen molar-refractivity contribution in [1.82, 2.24) is 9.80 Å². The van der Waals surface area contributed by atoms with E-state index in [0.717, 1.165) is 54.5 Å². The Kier molecular flexibility index (Phi) is 6.68. The van der Waals surface area contributed by atoms with Gasteiger partial charge in [0.25, 0.3) is 0 Å². The van der Waals surface area contributed by atoms with Crippen molar-refractivity contribution >= 4 is 11.6 Å². The fraction of sp³-hybridized carbons (Fsp3) is 0.280. The van der Waals surface area contributed by atoms with E-state index in [9.17, 15) is 4.39 Å². The Hall–Kier alpha value is -2.40. The molecule has 0 bridgehead atoms. The second-order valence-electron chi connectivity index (χ2n) is 7.67. The lowest BCUT2D eigenvalue weighted by atomic mass is 10.0. The van der Waals surface area contributed by atoms with E-state index in [1.807, 2.05) is 42.5 Å². The van der Waals surface area contributed by atoms with E-state index in [1.165, 1.54) is 17.7 Å². The van der Waals surface area contributed by atoms with Gasteiger partial charge in [-0.1, -0.05) is 54.1 Å². The predicted octanol–water partition coefficient (Wildman–Crippen LogP) is 5.89. The summed E-state index contributed by atoms with van der Waals surface area (Å²) in [4.78, 5) is 4.91. The van der Waals surface area contributed by atoms with Crippen LogP contribution in [-0.4, -0.2) is 30.0 Å². The molecule has 5 heteroatoms. The molecular weight excluding hydrogens is 399 g/mol. The van der Waals surface area contributed by atoms with Crippen LogP contribution in [0, 0.1) is 5.82 Å². The molecule has 1 aliphatic rings. The zero-order valence-electron chi connectivity index (χ0n) is 17.1. The molecule has 0 N–H and O–H groups in total. The molecule has 4 rings (SSSR count). The summed E-state index contributed by atoms with van der Waals surface area (Å²) >= 11 is 6.23. The van der Waals surface area contributed by atoms with Gasteiger partial charge in [-0.3, -0.25) is 9.80 Å². The molecule has 1 saturated heterocycles. The van der Waals surface area contributed by atoms with Crippen LogP contribution in [0.5, 0.6) is 5.75 Å². The van der Waals surface area contributed by atoms with Crippen molar-refractivity contribution in [3.8, 4) is 5.75 Å². The monoisotopic (exact) mass is 424 g/mol. The molecule has 3 aromatic rings. The zero-order chi connectivity index (χ0) is 20.9. The normalized spacial score (nSPS) is 17.8. The Balaban J connectivity index is 1.68. The van der Waals surface area contributed by atoms with E-state index in [1.54, 1.807) is 7.11 Å². The van der Waals surface area contributed by atoms with Crippen molar-refractivity contribution in [3.63, 3.8) is 0 Å². The minimum Gasteiger partial charge on any atom is -0.496 e. The van der Waals surface area contributed by atoms with Crippen LogP contribution in [0.2, 0.25) is 5.02 Å². The molecule has 30 heavy (non-hydrogen) atoms. The van der Waals surface area contributed by atoms with Crippen LogP contribution in [0.15, 0.2) is 72.8 Å². The van der Waals surface area contributed by atoms with Crippen molar-refractivity contribution in [1.29, 1.82) is 0 Å². The first-order valence-electron chi connectivity index (χ1n) is 10.2. The summed E-state index contributed by atoms with van der Waals surface area (Å²) in [5, 5.41) is 0.751. The molecule has 156 valence electrons. The molecule has 0 unspecified atom stereocenters. The molecule has 1 fully saturated rings. The van der Waals surface area contributed by atoms with E-state index >= 15 is 0 Å². The van der Waals surface area contributed by atoms with Gasteiger partial charge in [0.15, 0.2) is 0 Å². The van der Waals surface area contributed by atoms with Gasteiger partial charge in [0, 0.05) is 36.8 Å². The van der Waals surface area contributed by atoms with E-state index in [-0.39, 0.29) is 12.0 Å². The summed E-state index contributed by atoms with van der Waals surface area (Å²) in [6.45, 7) is 3.49. The highest BCUT2D eigenvalue weighted by atomic mass is 35.5. The average molecular weight is 425 g/mol. The average Bonchev–Trinajstić information content (AvgIpc) is 2.76. The first-order valence-corrected chi connectivity index (χ1v) is 10.6. The lowest BCUT2D eigenvalue weighted by Crippen LogP contribution is -2.47. The van der Waals surface area contributed by atoms with E-state index in [0.29, 0.717) is 0 Å². The second kappa shape index (κ2) is 9.61. The summed E-state index contributed by atoms with van der Waals surface area (Å²) in [6.07, 6.45) is 1.12. The molecule has 1 atom stereocenters. The number of ether oxygens (including phenoxy) is 1. The largest absolute Gasteiger partial charge is 0.496 e. The number of rotatable bonds is 6. The van der Waals surface area contributed by atoms with Gasteiger partial charge < -0.3 is 4.74 Å². The molecule has 1 aliphatic heterocycles. The summed E-state index contributed by atoms with van der Waals surface area (Å²) in [6, 6.07) is 23.0. The molecule has 3 nitrogen and oxygen atoms in total. The Morgan fingerprint density at radius 2 is 1.60 bits per heavy atom. The minimum absolute atomic E-state index is 0.0546. The molecule has 0 radical (unpaired) electrons. The van der Waals surface area contributed by atoms with Crippen LogP contribution in [0.4, 0.5) is 4.39 Å². The molecule has 3 aromatic carbocycles. The molecular formula is C25H26ClFN2O. The van der Waals surface area contributed by atoms with Crippen LogP contribution < -0.4 is 4.74 Å². The Bertz CT molecular complexity index is 979. The van der Waals surface area contributed by atoms with Crippen LogP contribution in [0.3, 0.4) is 0 Å². The van der Waals surface area contributed by atoms with Crippen LogP contribution >= 0.6 is 11.6 Å². The summed E-state index contributed by atoms with van der Waals surface area (Å²) in [7, 11) is 1.72. The maximum absolute atomic E-state index is 13.4. The van der Waals surface area contributed by atoms with Gasteiger partial charge in [0.1, 0.15) is 11.6 Å². The molecule has 0 spiro atoms. The van der Waals surface area contributed by atoms with Gasteiger partial charge in [-0.25, -0.2) is 4.39 Å². The first kappa shape index (κ1) is 20.9. The van der Waals surface area contributed by atoms with Crippen molar-refractivity contribution in [3.05, 3.63) is 100 Å². The SMILES string of the molecule is COc1ccccc1[C@@H]1N(Cc2ccc(F)cc2)CCCN1Cc1cccc(Cl)c1. The third kappa shape index (κ3) is 4.84. The summed E-state index contributed by atoms with van der Waals surface area (Å²) in [5.41, 5.74) is 3.43. The zero-order valence-corrected chi connectivity index (χ0v) is 17.9. The van der Waals surface area contributed by atoms with E-state index < -0.39 is 0 Å². The van der Waals surface area contributed by atoms with Crippen molar-refractivity contribution in [2.45, 2.75) is 25.7 Å². The van der Waals surface area contributed by atoms with Gasteiger partial charge in [0.2, 0.25) is 0 Å². The second-order valence-corrected chi connectivity index (χ2v) is 8.10. The molecule has 0 aliphatic carbocycles. The molecule has 0 amide bonds. The minimum atomic E-state index is -0.207. The smallest absolute Gasteiger partial charge is 0.124 e. The first-order chi connectivity index (χ1) is 14.6. The predicted molar refractivity (Wildman–Crippen MR) is 119 cm³/mol. The van der Waals surface area contributed by atoms with Crippen LogP contribution in [-0.2, 0) is 13.1 Å². The number of hydrogen-bond acceptors (Lipinski definition) is 3. The molecule has 1 heterocycles. The van der Waals surface area contributed by atoms with Crippen molar-refractivity contribution in [2.24, 2.45) is 0 Å². The third-order valence-corrected chi connectivity index (χ3v) is 5.81. The summed E-state index contributed by atoms with van der Waals surface area (Å²) < 4.78 is 19.1. The highest BCUT2D eigenvalue weighted by molar-refractivity contribution is 6.30. The van der Waals surface area contributed by atoms with Crippen molar-refractivity contribution in [2.75, 3.05) is 20.2 Å². The quantitative estimate of drug-likeness (QED) is 0.490. The third-order valence-electron chi connectivity index (χ3n) is 5.57. The highest BCUT2D eigenvalue weighted by Gasteiger charge is 2.32. The lowest BCUT2D eigenvalue weighted by molar-refractivity contribution is -0.0103. The molecule has 0 aromatic heterocycles. The fourth-order valence-electron chi connectivity index (χ4n) is 4.25. The Morgan fingerprint density at radius 3 is 2.30 bits per heavy atom. The number of nitrogens with zero attached hydrogens (tertiary/aromatic N) is 2. The maximum Gasteiger partial charge on any atom is 0.124 e. The van der Waals surface area contributed by atoms with Crippen LogP contribution in [0.25, 0.3) is 0 Å². The van der Waals surface area contributed by atoms with Crippen molar-refractivity contribution < 1.29 is 9.13 Å². The van der Waals surface area contributed by atoms with Gasteiger partial charge in [-0.15, -0.1) is 0 Å². The summed E-state index contributed by atoms with van der Waals surface area (Å²) in [5.74, 6) is 0.672. The van der Waals surface area contributed by atoms with E-state index in [4.69, 9.17) is 16.3 Å². The van der Waals surface area contributed by atoms with Crippen LogP contribution in [0.1, 0.15) is 29.3 Å². The number of halogens is 2. The Labute approximate surface area is 182 Å². The van der Waals surface area contributed by atoms with Gasteiger partial charge >= 0.3 is 0 Å². The van der Waals surface area contributed by atoms with Gasteiger partial charge in [-0.05, 0) is 47.9 Å². The van der Waals surface area contributed by atoms with E-state index in [2.05, 4.69) is 28.0 Å². The Morgan fingerprint density at radius 1 is 0.900 bits per heavy atom. The number of hydrogen-bond donors (Lipinski definition) is 0. The number of methoxy groups -OCH3 is 1. The standard InChI is InChI=1S/C25H26ClFN2O/c1-30-24-9-3-2-8-23(24)25-28(17-19-10-12-22(27)13-11-19)14-5-15-29(25)18-20-6-4-7-21(26)16-20/h2-4,6-13,16,25H,5,14-15,17-18H2,1H3/t25-/m1/s1.